The molecule has 0 spiro atoms. The first kappa shape index (κ1) is 7.35. The highest BCUT2D eigenvalue weighted by Crippen LogP contribution is 2.35. The molecule has 11 heavy (non-hydrogen) atoms. The zero-order valence-corrected chi connectivity index (χ0v) is 7.89. The molecule has 2 rings (SSSR count). The lowest BCUT2D eigenvalue weighted by Crippen LogP contribution is -1.92. The molecular formula is C8H11BrN2. The normalized spacial score (nSPS) is 19.4. The third-order valence-corrected chi connectivity index (χ3v) is 3.02. The minimum absolute atomic E-state index is 0.729. The van der Waals surface area contributed by atoms with Crippen LogP contribution in [0.4, 0.5) is 0 Å². The van der Waals surface area contributed by atoms with Crippen molar-refractivity contribution < 1.29 is 0 Å². The van der Waals surface area contributed by atoms with Gasteiger partial charge in [-0.15, -0.1) is 0 Å². The molecule has 0 aliphatic heterocycles. The van der Waals surface area contributed by atoms with E-state index in [4.69, 9.17) is 0 Å². The summed E-state index contributed by atoms with van der Waals surface area (Å²) in [6.45, 7) is 0. The van der Waals surface area contributed by atoms with Crippen molar-refractivity contribution in [2.45, 2.75) is 31.6 Å². The lowest BCUT2D eigenvalue weighted by Gasteiger charge is -2.05. The molecule has 1 heterocycles. The van der Waals surface area contributed by atoms with E-state index < -0.39 is 0 Å². The van der Waals surface area contributed by atoms with Gasteiger partial charge in [-0.1, -0.05) is 12.8 Å². The second-order valence-electron chi connectivity index (χ2n) is 3.09. The smallest absolute Gasteiger partial charge is 0.127 e. The number of imidazole rings is 1. The summed E-state index contributed by atoms with van der Waals surface area (Å²) in [6, 6.07) is 0. The Morgan fingerprint density at radius 2 is 2.18 bits per heavy atom. The average Bonchev–Trinajstić information content (AvgIpc) is 2.55. The van der Waals surface area contributed by atoms with E-state index in [2.05, 4.69) is 25.9 Å². The van der Waals surface area contributed by atoms with Crippen LogP contribution in [0.2, 0.25) is 0 Å². The molecule has 2 nitrogen and oxygen atoms in total. The Morgan fingerprint density at radius 1 is 1.45 bits per heavy atom. The third kappa shape index (κ3) is 1.34. The molecule has 0 bridgehead atoms. The van der Waals surface area contributed by atoms with Crippen molar-refractivity contribution in [1.29, 1.82) is 0 Å². The van der Waals surface area contributed by atoms with Gasteiger partial charge in [0.25, 0.3) is 0 Å². The van der Waals surface area contributed by atoms with Gasteiger partial charge in [-0.05, 0) is 28.8 Å². The first-order valence-electron chi connectivity index (χ1n) is 4.06. The highest BCUT2D eigenvalue weighted by molar-refractivity contribution is 9.10. The van der Waals surface area contributed by atoms with Crippen LogP contribution in [0.1, 0.15) is 37.3 Å². The number of aromatic amines is 1. The zero-order valence-electron chi connectivity index (χ0n) is 6.31. The fraction of sp³-hybridized carbons (Fsp3) is 0.625. The maximum Gasteiger partial charge on any atom is 0.127 e. The summed E-state index contributed by atoms with van der Waals surface area (Å²) in [5, 5.41) is 0. The number of halogens is 1. The van der Waals surface area contributed by atoms with E-state index in [1.807, 2.05) is 0 Å². The van der Waals surface area contributed by atoms with Gasteiger partial charge in [-0.3, -0.25) is 0 Å². The molecule has 0 aromatic carbocycles. The number of hydrogen-bond acceptors (Lipinski definition) is 1. The molecule has 1 fully saturated rings. The maximum absolute atomic E-state index is 4.12. The summed E-state index contributed by atoms with van der Waals surface area (Å²) in [5.74, 6) is 0.729. The summed E-state index contributed by atoms with van der Waals surface area (Å²) in [6.07, 6.45) is 7.14. The molecule has 1 N–H and O–H groups in total. The number of aromatic nitrogens is 2. The van der Waals surface area contributed by atoms with Crippen molar-refractivity contribution in [1.82, 2.24) is 9.97 Å². The largest absolute Gasteiger partial charge is 0.347 e. The minimum Gasteiger partial charge on any atom is -0.347 e. The molecule has 1 aliphatic rings. The van der Waals surface area contributed by atoms with Gasteiger partial charge in [0.05, 0.1) is 12.0 Å². The predicted octanol–water partition coefficient (Wildman–Crippen LogP) is 2.83. The van der Waals surface area contributed by atoms with Gasteiger partial charge in [0, 0.05) is 5.92 Å². The van der Waals surface area contributed by atoms with E-state index in [0.717, 1.165) is 10.5 Å². The van der Waals surface area contributed by atoms with Crippen molar-refractivity contribution in [3.63, 3.8) is 0 Å². The summed E-state index contributed by atoms with van der Waals surface area (Å²) in [4.78, 5) is 7.31. The second kappa shape index (κ2) is 2.97. The van der Waals surface area contributed by atoms with Crippen molar-refractivity contribution in [3.05, 3.63) is 16.6 Å². The molecule has 3 heteroatoms. The third-order valence-electron chi connectivity index (χ3n) is 2.38. The zero-order chi connectivity index (χ0) is 7.68. The molecule has 0 saturated heterocycles. The summed E-state index contributed by atoms with van der Waals surface area (Å²) < 4.78 is 1.00. The molecule has 1 aromatic rings. The molecular weight excluding hydrogens is 204 g/mol. The van der Waals surface area contributed by atoms with E-state index in [-0.39, 0.29) is 0 Å². The van der Waals surface area contributed by atoms with Crippen LogP contribution in [-0.4, -0.2) is 9.97 Å². The second-order valence-corrected chi connectivity index (χ2v) is 3.84. The Balaban J connectivity index is 2.21. The van der Waals surface area contributed by atoms with Crippen LogP contribution in [0, 0.1) is 0 Å². The van der Waals surface area contributed by atoms with Gasteiger partial charge in [-0.2, -0.15) is 0 Å². The van der Waals surface area contributed by atoms with Crippen LogP contribution in [0.3, 0.4) is 0 Å². The van der Waals surface area contributed by atoms with Crippen LogP contribution < -0.4 is 0 Å². The number of nitrogens with zero attached hydrogens (tertiary/aromatic N) is 1. The van der Waals surface area contributed by atoms with Gasteiger partial charge in [0.1, 0.15) is 4.60 Å². The number of hydrogen-bond donors (Lipinski definition) is 1. The van der Waals surface area contributed by atoms with Crippen LogP contribution in [0.25, 0.3) is 0 Å². The Hall–Kier alpha value is -0.310. The summed E-state index contributed by atoms with van der Waals surface area (Å²) >= 11 is 3.43. The fourth-order valence-electron chi connectivity index (χ4n) is 1.79. The summed E-state index contributed by atoms with van der Waals surface area (Å²) in [5.41, 5.74) is 1.29. The fourth-order valence-corrected chi connectivity index (χ4v) is 2.33. The number of H-pyrrole nitrogens is 1. The predicted molar refractivity (Wildman–Crippen MR) is 47.5 cm³/mol. The van der Waals surface area contributed by atoms with Gasteiger partial charge in [0.2, 0.25) is 0 Å². The van der Waals surface area contributed by atoms with Crippen molar-refractivity contribution >= 4 is 15.9 Å². The maximum atomic E-state index is 4.12. The highest BCUT2D eigenvalue weighted by atomic mass is 79.9. The van der Waals surface area contributed by atoms with E-state index in [1.165, 1.54) is 31.4 Å². The van der Waals surface area contributed by atoms with Crippen LogP contribution in [0.15, 0.2) is 10.9 Å². The van der Waals surface area contributed by atoms with Crippen molar-refractivity contribution in [2.75, 3.05) is 0 Å². The van der Waals surface area contributed by atoms with Crippen molar-refractivity contribution in [3.8, 4) is 0 Å². The molecule has 1 saturated carbocycles. The number of nitrogens with one attached hydrogen (secondary N) is 1. The Morgan fingerprint density at radius 3 is 2.73 bits per heavy atom. The van der Waals surface area contributed by atoms with E-state index in [9.17, 15) is 0 Å². The summed E-state index contributed by atoms with van der Waals surface area (Å²) in [7, 11) is 0. The first-order chi connectivity index (χ1) is 5.38. The van der Waals surface area contributed by atoms with Gasteiger partial charge < -0.3 is 4.98 Å². The standard InChI is InChI=1S/C8H11BrN2/c9-8-7(10-5-11-8)6-3-1-2-4-6/h5-6H,1-4H2,(H,10,11). The Labute approximate surface area is 74.5 Å². The molecule has 0 radical (unpaired) electrons. The molecule has 60 valence electrons. The van der Waals surface area contributed by atoms with Crippen LogP contribution in [0.5, 0.6) is 0 Å². The van der Waals surface area contributed by atoms with Gasteiger partial charge in [0.15, 0.2) is 0 Å². The van der Waals surface area contributed by atoms with E-state index in [1.54, 1.807) is 6.33 Å². The Bertz CT molecular complexity index is 238. The van der Waals surface area contributed by atoms with Gasteiger partial charge >= 0.3 is 0 Å². The minimum atomic E-state index is 0.729. The quantitative estimate of drug-likeness (QED) is 0.766. The molecule has 1 aromatic heterocycles. The molecule has 0 atom stereocenters. The lowest BCUT2D eigenvalue weighted by atomic mass is 10.1. The SMILES string of the molecule is Brc1nc[nH]c1C1CCCC1. The average molecular weight is 215 g/mol. The van der Waals surface area contributed by atoms with E-state index >= 15 is 0 Å². The lowest BCUT2D eigenvalue weighted by molar-refractivity contribution is 0.698. The van der Waals surface area contributed by atoms with Crippen LogP contribution in [-0.2, 0) is 0 Å². The topological polar surface area (TPSA) is 28.7 Å². The first-order valence-corrected chi connectivity index (χ1v) is 4.86. The monoisotopic (exact) mass is 214 g/mol. The van der Waals surface area contributed by atoms with Crippen molar-refractivity contribution in [2.24, 2.45) is 0 Å². The molecule has 0 amide bonds. The molecule has 0 unspecified atom stereocenters. The highest BCUT2D eigenvalue weighted by Gasteiger charge is 2.20. The number of rotatable bonds is 1. The van der Waals surface area contributed by atoms with E-state index in [0.29, 0.717) is 0 Å². The van der Waals surface area contributed by atoms with Crippen LogP contribution >= 0.6 is 15.9 Å². The van der Waals surface area contributed by atoms with Gasteiger partial charge in [-0.25, -0.2) is 4.98 Å². The molecule has 1 aliphatic carbocycles. The Kier molecular flexibility index (Phi) is 1.98.